The fraction of sp³-hybridized carbons (Fsp3) is 0.0192. The lowest BCUT2D eigenvalue weighted by Gasteiger charge is -2.44. The molecule has 556 valence electrons. The number of anilines is 6. The van der Waals surface area contributed by atoms with E-state index in [1.54, 1.807) is 0 Å². The SMILES string of the molecule is C=Cc1ccc2c(c1)N(c1ccc(-c3nc(-c4ccc(-c5ccccc5)cc4)nc(-c4ccc(-c5ccccn5)cc4)n3)cc1)c1ccccc1C21c2ccsc2-c2sccc21.C=Cc1ccc2c(c1)N(c1ccc(-c3nc(-c4ccccc4)nc(-c4ccc(-c5ccccn5)cc4)n3)cc1)c1ccccc1C21c2ccsc2-c2sccc21. The second kappa shape index (κ2) is 28.9. The highest BCUT2D eigenvalue weighted by atomic mass is 32.1. The molecule has 0 atom stereocenters. The van der Waals surface area contributed by atoms with E-state index in [2.05, 4.69) is 309 Å². The number of nitrogens with zero attached hydrogens (tertiary/aromatic N) is 10. The van der Waals surface area contributed by atoms with Crippen LogP contribution < -0.4 is 9.80 Å². The molecule has 0 radical (unpaired) electrons. The van der Waals surface area contributed by atoms with Gasteiger partial charge in [0, 0.05) is 87.8 Å². The van der Waals surface area contributed by atoms with Crippen molar-refractivity contribution in [3.05, 3.63) is 430 Å². The largest absolute Gasteiger partial charge is 0.310 e. The van der Waals surface area contributed by atoms with E-state index in [1.165, 1.54) is 64.0 Å². The predicted molar refractivity (Wildman–Crippen MR) is 487 cm³/mol. The second-order valence-corrected chi connectivity index (χ2v) is 33.1. The van der Waals surface area contributed by atoms with Gasteiger partial charge in [0.2, 0.25) is 0 Å². The molecule has 0 unspecified atom stereocenters. The van der Waals surface area contributed by atoms with Crippen LogP contribution in [0.2, 0.25) is 0 Å². The average Bonchev–Trinajstić information content (AvgIpc) is 1.49. The van der Waals surface area contributed by atoms with Gasteiger partial charge in [-0.2, -0.15) is 0 Å². The van der Waals surface area contributed by atoms with Crippen LogP contribution in [0.4, 0.5) is 34.1 Å². The molecule has 19 aromatic rings. The Morgan fingerprint density at radius 2 is 0.517 bits per heavy atom. The summed E-state index contributed by atoms with van der Waals surface area (Å²) in [6, 6.07) is 115. The molecule has 0 N–H and O–H groups in total. The Morgan fingerprint density at radius 3 is 0.856 bits per heavy atom. The highest BCUT2D eigenvalue weighted by Gasteiger charge is 2.55. The van der Waals surface area contributed by atoms with Crippen LogP contribution in [0.3, 0.4) is 0 Å². The smallest absolute Gasteiger partial charge is 0.164 e. The van der Waals surface area contributed by atoms with Gasteiger partial charge >= 0.3 is 0 Å². The molecule has 0 fully saturated rings. The Bertz CT molecular complexity index is 6900. The molecule has 2 aliphatic carbocycles. The zero-order valence-corrected chi connectivity index (χ0v) is 66.6. The summed E-state index contributed by atoms with van der Waals surface area (Å²) >= 11 is 7.36. The number of pyridine rings is 2. The number of benzene rings is 11. The van der Waals surface area contributed by atoms with Gasteiger partial charge in [-0.25, -0.2) is 29.9 Å². The molecular formula is C104H66N10S4. The summed E-state index contributed by atoms with van der Waals surface area (Å²) in [5.74, 6) is 3.67. The summed E-state index contributed by atoms with van der Waals surface area (Å²) < 4.78 is 0. The van der Waals surface area contributed by atoms with E-state index in [9.17, 15) is 0 Å². The van der Waals surface area contributed by atoms with E-state index in [0.717, 1.165) is 112 Å². The number of aromatic nitrogens is 8. The zero-order valence-electron chi connectivity index (χ0n) is 63.3. The molecule has 0 amide bonds. The maximum atomic E-state index is 5.13. The highest BCUT2D eigenvalue weighted by molar-refractivity contribution is 7.21. The van der Waals surface area contributed by atoms with Crippen LogP contribution in [0.1, 0.15) is 55.6 Å². The van der Waals surface area contributed by atoms with E-state index in [-0.39, 0.29) is 0 Å². The molecule has 11 aromatic carbocycles. The predicted octanol–water partition coefficient (Wildman–Crippen LogP) is 27.4. The van der Waals surface area contributed by atoms with Gasteiger partial charge in [0.15, 0.2) is 34.9 Å². The summed E-state index contributed by atoms with van der Waals surface area (Å²) in [5, 5.41) is 8.98. The average molecular weight is 1580 g/mol. The minimum Gasteiger partial charge on any atom is -0.310 e. The number of para-hydroxylation sites is 2. The van der Waals surface area contributed by atoms with Crippen molar-refractivity contribution in [2.75, 3.05) is 9.80 Å². The van der Waals surface area contributed by atoms with Crippen LogP contribution in [-0.2, 0) is 10.8 Å². The van der Waals surface area contributed by atoms with E-state index in [4.69, 9.17) is 29.9 Å². The highest BCUT2D eigenvalue weighted by Crippen LogP contribution is 2.68. The first kappa shape index (κ1) is 70.3. The van der Waals surface area contributed by atoms with Crippen LogP contribution in [0, 0.1) is 0 Å². The van der Waals surface area contributed by atoms with Crippen molar-refractivity contribution in [1.82, 2.24) is 39.9 Å². The van der Waals surface area contributed by atoms with E-state index in [1.807, 2.05) is 143 Å². The van der Waals surface area contributed by atoms with E-state index >= 15 is 0 Å². The Morgan fingerprint density at radius 1 is 0.237 bits per heavy atom. The monoisotopic (exact) mass is 1580 g/mol. The molecule has 118 heavy (non-hydrogen) atoms. The van der Waals surface area contributed by atoms with Gasteiger partial charge in [-0.1, -0.05) is 232 Å². The molecule has 2 aliphatic heterocycles. The third kappa shape index (κ3) is 11.5. The maximum Gasteiger partial charge on any atom is 0.164 e. The minimum atomic E-state index is -0.417. The Hall–Kier alpha value is -14.4. The molecule has 2 spiro atoms. The summed E-state index contributed by atoms with van der Waals surface area (Å²) in [5.41, 5.74) is 30.2. The Kier molecular flexibility index (Phi) is 17.2. The summed E-state index contributed by atoms with van der Waals surface area (Å²) in [6.45, 7) is 8.32. The van der Waals surface area contributed by atoms with Crippen LogP contribution in [0.25, 0.3) is 134 Å². The minimum absolute atomic E-state index is 0.405. The van der Waals surface area contributed by atoms with E-state index < -0.39 is 10.8 Å². The quantitative estimate of drug-likeness (QED) is 0.111. The van der Waals surface area contributed by atoms with E-state index in [0.29, 0.717) is 34.9 Å². The van der Waals surface area contributed by atoms with Gasteiger partial charge < -0.3 is 9.80 Å². The topological polar surface area (TPSA) is 110 Å². The molecule has 0 saturated heterocycles. The molecule has 0 saturated carbocycles. The van der Waals surface area contributed by atoms with Crippen LogP contribution in [0.5, 0.6) is 0 Å². The standard InChI is InChI=1S/C55H35N5S2.C49H31N5S2/c1-2-35-15-28-44-49(34-35)60(48-14-7-6-12-43(48)55(44)45-29-32-61-50(45)51-46(55)30-33-62-51)42-26-24-41(25-27-42)54-58-52(39-20-16-37(17-21-39)36-10-4-3-5-11-36)57-53(59-54)40-22-18-38(19-23-40)47-13-8-9-31-56-47;1-2-31-15-24-38-43(30-31)54(42-14-7-6-12-37(42)49(38)39-25-28-55-44(39)45-40(49)26-29-56-45)36-22-20-35(21-23-36)48-52-46(33-10-4-3-5-11-33)51-47(53-48)34-18-16-32(17-19-34)41-13-8-9-27-50-41/h2-34H,1H2;2-30H,1H2. The van der Waals surface area contributed by atoms with Crippen molar-refractivity contribution in [2.45, 2.75) is 10.8 Å². The fourth-order valence-corrected chi connectivity index (χ4v) is 21.9. The summed E-state index contributed by atoms with van der Waals surface area (Å²) in [7, 11) is 0. The van der Waals surface area contributed by atoms with Gasteiger partial charge in [0.25, 0.3) is 0 Å². The lowest BCUT2D eigenvalue weighted by Crippen LogP contribution is -2.35. The number of fused-ring (bicyclic) bond motifs is 18. The number of hydrogen-bond donors (Lipinski definition) is 0. The van der Waals surface area contributed by atoms with Crippen molar-refractivity contribution in [3.63, 3.8) is 0 Å². The van der Waals surface area contributed by atoms with Gasteiger partial charge in [-0.15, -0.1) is 45.3 Å². The second-order valence-electron chi connectivity index (χ2n) is 29.4. The number of rotatable bonds is 13. The summed E-state index contributed by atoms with van der Waals surface area (Å²) in [4.78, 5) is 49.7. The van der Waals surface area contributed by atoms with Gasteiger partial charge in [0.05, 0.1) is 45.0 Å². The maximum absolute atomic E-state index is 5.13. The molecule has 4 aliphatic rings. The van der Waals surface area contributed by atoms with Crippen molar-refractivity contribution < 1.29 is 0 Å². The zero-order chi connectivity index (χ0) is 78.4. The van der Waals surface area contributed by atoms with Gasteiger partial charge in [0.1, 0.15) is 0 Å². The molecule has 10 nitrogen and oxygen atoms in total. The third-order valence-electron chi connectivity index (χ3n) is 23.1. The van der Waals surface area contributed by atoms with Crippen LogP contribution >= 0.6 is 45.3 Å². The first-order valence-electron chi connectivity index (χ1n) is 39.0. The lowest BCUT2D eigenvalue weighted by atomic mass is 9.65. The van der Waals surface area contributed by atoms with Crippen molar-refractivity contribution >= 4 is 91.6 Å². The molecule has 0 bridgehead atoms. The Balaban J connectivity index is 0.000000143. The molecule has 23 rings (SSSR count). The molecule has 8 aromatic heterocycles. The van der Waals surface area contributed by atoms with Crippen molar-refractivity contribution in [3.8, 4) is 121 Å². The van der Waals surface area contributed by atoms with Gasteiger partial charge in [-0.05, 0) is 210 Å². The van der Waals surface area contributed by atoms with Crippen LogP contribution in [0.15, 0.2) is 375 Å². The first-order chi connectivity index (χ1) is 58.4. The normalized spacial score (nSPS) is 13.1. The van der Waals surface area contributed by atoms with Gasteiger partial charge in [-0.3, -0.25) is 9.97 Å². The molecule has 10 heterocycles. The van der Waals surface area contributed by atoms with Crippen LogP contribution in [-0.4, -0.2) is 39.9 Å². The number of hydrogen-bond acceptors (Lipinski definition) is 14. The van der Waals surface area contributed by atoms with Crippen molar-refractivity contribution in [2.24, 2.45) is 0 Å². The third-order valence-corrected chi connectivity index (χ3v) is 27.1. The summed E-state index contributed by atoms with van der Waals surface area (Å²) in [6.07, 6.45) is 7.50. The first-order valence-corrected chi connectivity index (χ1v) is 42.5. The van der Waals surface area contributed by atoms with Crippen molar-refractivity contribution in [1.29, 1.82) is 0 Å². The molecular weight excluding hydrogens is 1520 g/mol. The fourth-order valence-electron chi connectivity index (χ4n) is 17.7. The Labute approximate surface area is 698 Å². The molecule has 14 heteroatoms. The lowest BCUT2D eigenvalue weighted by molar-refractivity contribution is 0.756. The number of thiophene rings is 4.